The van der Waals surface area contributed by atoms with Gasteiger partial charge < -0.3 is 9.47 Å². The predicted molar refractivity (Wildman–Crippen MR) is 87.5 cm³/mol. The van der Waals surface area contributed by atoms with Crippen molar-refractivity contribution in [3.05, 3.63) is 70.6 Å². The van der Waals surface area contributed by atoms with Crippen molar-refractivity contribution in [2.75, 3.05) is 6.54 Å². The Kier molecular flexibility index (Phi) is 5.95. The molecule has 0 radical (unpaired) electrons. The molecule has 116 valence electrons. The minimum atomic E-state index is -0.0691. The summed E-state index contributed by atoms with van der Waals surface area (Å²) >= 11 is 0. The molecule has 4 heteroatoms. The van der Waals surface area contributed by atoms with Crippen LogP contribution in [0.25, 0.3) is 0 Å². The van der Waals surface area contributed by atoms with Crippen molar-refractivity contribution < 1.29 is 4.79 Å². The second-order valence-electron chi connectivity index (χ2n) is 5.28. The summed E-state index contributed by atoms with van der Waals surface area (Å²) in [5.74, 6) is 0.0847. The summed E-state index contributed by atoms with van der Waals surface area (Å²) < 4.78 is 1.57. The molecule has 0 fully saturated rings. The van der Waals surface area contributed by atoms with Crippen LogP contribution in [0.15, 0.2) is 59.5 Å². The van der Waals surface area contributed by atoms with Crippen molar-refractivity contribution in [3.63, 3.8) is 0 Å². The molecule has 0 unspecified atom stereocenters. The van der Waals surface area contributed by atoms with Crippen LogP contribution in [-0.2, 0) is 17.9 Å². The first-order valence-corrected chi connectivity index (χ1v) is 7.68. The fourth-order valence-corrected chi connectivity index (χ4v) is 2.39. The largest absolute Gasteiger partial charge is 0.338 e. The van der Waals surface area contributed by atoms with Crippen molar-refractivity contribution >= 4 is 5.91 Å². The first-order valence-electron chi connectivity index (χ1n) is 7.68. The molecular weight excluding hydrogens is 276 g/mol. The van der Waals surface area contributed by atoms with Gasteiger partial charge in [-0.1, -0.05) is 43.3 Å². The van der Waals surface area contributed by atoms with Crippen molar-refractivity contribution in [2.24, 2.45) is 0 Å². The number of amides is 1. The van der Waals surface area contributed by atoms with Gasteiger partial charge in [0.2, 0.25) is 5.91 Å². The van der Waals surface area contributed by atoms with Crippen molar-refractivity contribution in [1.82, 2.24) is 9.47 Å². The van der Waals surface area contributed by atoms with Gasteiger partial charge in [0, 0.05) is 38.3 Å². The molecule has 2 rings (SSSR count). The smallest absolute Gasteiger partial charge is 0.250 e. The molecule has 0 aliphatic heterocycles. The first kappa shape index (κ1) is 16.0. The minimum Gasteiger partial charge on any atom is -0.338 e. The second kappa shape index (κ2) is 8.17. The van der Waals surface area contributed by atoms with Crippen LogP contribution >= 0.6 is 0 Å². The number of nitrogens with zero attached hydrogens (tertiary/aromatic N) is 2. The van der Waals surface area contributed by atoms with Crippen LogP contribution in [-0.4, -0.2) is 21.9 Å². The van der Waals surface area contributed by atoms with Crippen LogP contribution in [0, 0.1) is 0 Å². The molecule has 1 aromatic heterocycles. The van der Waals surface area contributed by atoms with E-state index < -0.39 is 0 Å². The quantitative estimate of drug-likeness (QED) is 0.788. The third-order valence-electron chi connectivity index (χ3n) is 3.53. The van der Waals surface area contributed by atoms with E-state index in [1.54, 1.807) is 22.9 Å². The highest BCUT2D eigenvalue weighted by atomic mass is 16.2. The maximum absolute atomic E-state index is 12.4. The summed E-state index contributed by atoms with van der Waals surface area (Å²) in [6.07, 6.45) is 2.98. The van der Waals surface area contributed by atoms with Gasteiger partial charge in [0.1, 0.15) is 0 Å². The van der Waals surface area contributed by atoms with E-state index in [0.29, 0.717) is 19.5 Å². The fourth-order valence-electron chi connectivity index (χ4n) is 2.39. The molecule has 1 aromatic carbocycles. The molecule has 0 aliphatic carbocycles. The zero-order chi connectivity index (χ0) is 15.8. The van der Waals surface area contributed by atoms with E-state index in [1.165, 1.54) is 6.07 Å². The van der Waals surface area contributed by atoms with Crippen molar-refractivity contribution in [3.8, 4) is 0 Å². The molecule has 2 aromatic rings. The average Bonchev–Trinajstić information content (AvgIpc) is 2.54. The number of benzene rings is 1. The maximum atomic E-state index is 12.4. The fraction of sp³-hybridized carbons (Fsp3) is 0.333. The summed E-state index contributed by atoms with van der Waals surface area (Å²) in [4.78, 5) is 26.0. The summed E-state index contributed by atoms with van der Waals surface area (Å²) in [5.41, 5.74) is 1.06. The summed E-state index contributed by atoms with van der Waals surface area (Å²) in [7, 11) is 0. The highest BCUT2D eigenvalue weighted by Crippen LogP contribution is 2.07. The predicted octanol–water partition coefficient (Wildman–Crippen LogP) is 2.68. The number of carbonyl (C=O) groups excluding carboxylic acids is 1. The highest BCUT2D eigenvalue weighted by Gasteiger charge is 2.13. The van der Waals surface area contributed by atoms with Crippen LogP contribution in [0.4, 0.5) is 0 Å². The first-order chi connectivity index (χ1) is 10.7. The normalized spacial score (nSPS) is 10.4. The zero-order valence-electron chi connectivity index (χ0n) is 12.9. The van der Waals surface area contributed by atoms with Crippen LogP contribution in [0.5, 0.6) is 0 Å². The van der Waals surface area contributed by atoms with E-state index in [2.05, 4.69) is 6.92 Å². The monoisotopic (exact) mass is 298 g/mol. The molecule has 0 saturated heterocycles. The van der Waals surface area contributed by atoms with Gasteiger partial charge in [-0.3, -0.25) is 9.59 Å². The number of aryl methyl sites for hydroxylation is 1. The van der Waals surface area contributed by atoms with Gasteiger partial charge in [-0.15, -0.1) is 0 Å². The number of hydrogen-bond acceptors (Lipinski definition) is 2. The highest BCUT2D eigenvalue weighted by molar-refractivity contribution is 5.76. The molecule has 1 heterocycles. The molecule has 22 heavy (non-hydrogen) atoms. The Morgan fingerprint density at radius 3 is 2.50 bits per heavy atom. The van der Waals surface area contributed by atoms with Crippen molar-refractivity contribution in [2.45, 2.75) is 32.9 Å². The number of aromatic nitrogens is 1. The molecule has 4 nitrogen and oxygen atoms in total. The molecule has 0 spiro atoms. The van der Waals surface area contributed by atoms with Gasteiger partial charge in [-0.2, -0.15) is 0 Å². The van der Waals surface area contributed by atoms with Gasteiger partial charge in [0.15, 0.2) is 0 Å². The van der Waals surface area contributed by atoms with Crippen LogP contribution in [0.2, 0.25) is 0 Å². The second-order valence-corrected chi connectivity index (χ2v) is 5.28. The van der Waals surface area contributed by atoms with Gasteiger partial charge in [-0.05, 0) is 18.1 Å². The number of pyridine rings is 1. The molecule has 0 bridgehead atoms. The van der Waals surface area contributed by atoms with E-state index in [1.807, 2.05) is 35.2 Å². The zero-order valence-corrected chi connectivity index (χ0v) is 12.9. The Morgan fingerprint density at radius 2 is 1.82 bits per heavy atom. The Balaban J connectivity index is 1.97. The standard InChI is InChI=1S/C18H22N2O2/c1-2-12-20(15-16-8-4-3-5-9-16)18(22)11-14-19-13-7-6-10-17(19)21/h3-10,13H,2,11-12,14-15H2,1H3. The number of hydrogen-bond donors (Lipinski definition) is 0. The van der Waals surface area contributed by atoms with Crippen LogP contribution in [0.1, 0.15) is 25.3 Å². The molecule has 0 aliphatic rings. The van der Waals surface area contributed by atoms with Gasteiger partial charge in [0.25, 0.3) is 5.56 Å². The lowest BCUT2D eigenvalue weighted by molar-refractivity contribution is -0.132. The van der Waals surface area contributed by atoms with E-state index in [-0.39, 0.29) is 11.5 Å². The Bertz CT molecular complexity index is 649. The summed E-state index contributed by atoms with van der Waals surface area (Å²) in [6, 6.07) is 15.0. The lowest BCUT2D eigenvalue weighted by Crippen LogP contribution is -2.32. The third kappa shape index (κ3) is 4.58. The summed E-state index contributed by atoms with van der Waals surface area (Å²) in [6.45, 7) is 3.84. The number of carbonyl (C=O) groups is 1. The van der Waals surface area contributed by atoms with Gasteiger partial charge >= 0.3 is 0 Å². The Labute approximate surface area is 131 Å². The Morgan fingerprint density at radius 1 is 1.09 bits per heavy atom. The molecule has 1 amide bonds. The molecular formula is C18H22N2O2. The molecule has 0 atom stereocenters. The lowest BCUT2D eigenvalue weighted by Gasteiger charge is -2.22. The number of rotatable bonds is 7. The van der Waals surface area contributed by atoms with Gasteiger partial charge in [0.05, 0.1) is 0 Å². The van der Waals surface area contributed by atoms with E-state index in [4.69, 9.17) is 0 Å². The van der Waals surface area contributed by atoms with Crippen molar-refractivity contribution in [1.29, 1.82) is 0 Å². The molecule has 0 saturated carbocycles. The van der Waals surface area contributed by atoms with Crippen LogP contribution in [0.3, 0.4) is 0 Å². The van der Waals surface area contributed by atoms with E-state index in [0.717, 1.165) is 18.5 Å². The summed E-state index contributed by atoms with van der Waals surface area (Å²) in [5, 5.41) is 0. The van der Waals surface area contributed by atoms with E-state index in [9.17, 15) is 9.59 Å². The SMILES string of the molecule is CCCN(Cc1ccccc1)C(=O)CCn1ccccc1=O. The van der Waals surface area contributed by atoms with Crippen LogP contribution < -0.4 is 5.56 Å². The van der Waals surface area contributed by atoms with E-state index >= 15 is 0 Å². The average molecular weight is 298 g/mol. The third-order valence-corrected chi connectivity index (χ3v) is 3.53. The minimum absolute atomic E-state index is 0.0691. The van der Waals surface area contributed by atoms with Gasteiger partial charge in [-0.25, -0.2) is 0 Å². The molecule has 0 N–H and O–H groups in total. The lowest BCUT2D eigenvalue weighted by atomic mass is 10.2. The topological polar surface area (TPSA) is 42.3 Å². The Hall–Kier alpha value is -2.36. The maximum Gasteiger partial charge on any atom is 0.250 e.